The van der Waals surface area contributed by atoms with Crippen molar-refractivity contribution in [3.63, 3.8) is 0 Å². The van der Waals surface area contributed by atoms with Gasteiger partial charge in [-0.1, -0.05) is 6.08 Å². The van der Waals surface area contributed by atoms with Gasteiger partial charge in [0.05, 0.1) is 0 Å². The Bertz CT molecular complexity index is 619. The fourth-order valence-corrected chi connectivity index (χ4v) is 1.83. The van der Waals surface area contributed by atoms with Gasteiger partial charge in [-0.2, -0.15) is 13.9 Å². The zero-order valence-electron chi connectivity index (χ0n) is 9.85. The van der Waals surface area contributed by atoms with Crippen LogP contribution in [0.3, 0.4) is 0 Å². The fraction of sp³-hybridized carbons (Fsp3) is 0.167. The van der Waals surface area contributed by atoms with Crippen LogP contribution in [0.2, 0.25) is 0 Å². The second-order valence-electron chi connectivity index (χ2n) is 3.65. The second kappa shape index (κ2) is 5.75. The molecule has 0 fully saturated rings. The van der Waals surface area contributed by atoms with Gasteiger partial charge in [-0.3, -0.25) is 9.67 Å². The minimum atomic E-state index is -2.83. The van der Waals surface area contributed by atoms with Crippen molar-refractivity contribution in [3.05, 3.63) is 41.7 Å². The summed E-state index contributed by atoms with van der Waals surface area (Å²) in [4.78, 5) is 0. The van der Waals surface area contributed by atoms with E-state index in [0.29, 0.717) is 17.1 Å². The highest BCUT2D eigenvalue weighted by atomic mass is 32.1. The summed E-state index contributed by atoms with van der Waals surface area (Å²) in [7, 11) is 0. The van der Waals surface area contributed by atoms with Crippen molar-refractivity contribution >= 4 is 12.2 Å². The molecule has 1 N–H and O–H groups in total. The molecule has 0 unspecified atom stereocenters. The number of aromatic nitrogens is 3. The molecule has 0 radical (unpaired) electrons. The Morgan fingerprint density at radius 1 is 1.42 bits per heavy atom. The lowest BCUT2D eigenvalue weighted by atomic mass is 10.2. The van der Waals surface area contributed by atoms with Crippen LogP contribution in [0.15, 0.2) is 36.9 Å². The Hall–Kier alpha value is -2.02. The number of benzene rings is 1. The summed E-state index contributed by atoms with van der Waals surface area (Å²) in [5.41, 5.74) is 0.746. The van der Waals surface area contributed by atoms with Gasteiger partial charge < -0.3 is 4.74 Å². The SMILES string of the molecule is C=CCn1c(-c2ccc(OC(F)F)cc2)n[nH]c1=S. The monoisotopic (exact) mass is 283 g/mol. The first-order valence-corrected chi connectivity index (χ1v) is 5.84. The molecule has 1 heterocycles. The number of alkyl halides is 2. The van der Waals surface area contributed by atoms with Crippen LogP contribution in [0.1, 0.15) is 0 Å². The third-order valence-corrected chi connectivity index (χ3v) is 2.72. The first-order chi connectivity index (χ1) is 9.11. The lowest BCUT2D eigenvalue weighted by molar-refractivity contribution is -0.0498. The average Bonchev–Trinajstić information content (AvgIpc) is 2.72. The maximum absolute atomic E-state index is 12.0. The van der Waals surface area contributed by atoms with Crippen LogP contribution in [0.25, 0.3) is 11.4 Å². The van der Waals surface area contributed by atoms with E-state index in [4.69, 9.17) is 12.2 Å². The van der Waals surface area contributed by atoms with E-state index in [0.717, 1.165) is 5.56 Å². The molecule has 0 aliphatic heterocycles. The predicted molar refractivity (Wildman–Crippen MR) is 69.7 cm³/mol. The van der Waals surface area contributed by atoms with E-state index in [1.807, 2.05) is 0 Å². The Morgan fingerprint density at radius 2 is 2.11 bits per heavy atom. The molecule has 7 heteroatoms. The number of halogens is 2. The molecular formula is C12H11F2N3OS. The van der Waals surface area contributed by atoms with Crippen LogP contribution in [-0.2, 0) is 6.54 Å². The Morgan fingerprint density at radius 3 is 2.68 bits per heavy atom. The molecule has 0 bridgehead atoms. The number of H-pyrrole nitrogens is 1. The highest BCUT2D eigenvalue weighted by molar-refractivity contribution is 7.71. The van der Waals surface area contributed by atoms with Gasteiger partial charge in [0.25, 0.3) is 0 Å². The van der Waals surface area contributed by atoms with Gasteiger partial charge in [-0.25, -0.2) is 0 Å². The lowest BCUT2D eigenvalue weighted by Crippen LogP contribution is -2.02. The smallest absolute Gasteiger partial charge is 0.387 e. The number of aromatic amines is 1. The van der Waals surface area contributed by atoms with E-state index < -0.39 is 6.61 Å². The first-order valence-electron chi connectivity index (χ1n) is 5.43. The molecule has 0 amide bonds. The van der Waals surface area contributed by atoms with Gasteiger partial charge in [0.15, 0.2) is 10.6 Å². The largest absolute Gasteiger partial charge is 0.435 e. The van der Waals surface area contributed by atoms with E-state index in [9.17, 15) is 8.78 Å². The van der Waals surface area contributed by atoms with E-state index in [2.05, 4.69) is 21.5 Å². The number of hydrogen-bond donors (Lipinski definition) is 1. The molecule has 0 saturated carbocycles. The third-order valence-electron chi connectivity index (χ3n) is 2.41. The number of allylic oxidation sites excluding steroid dienone is 1. The van der Waals surface area contributed by atoms with Crippen molar-refractivity contribution < 1.29 is 13.5 Å². The lowest BCUT2D eigenvalue weighted by Gasteiger charge is -2.06. The molecule has 0 aliphatic rings. The fourth-order valence-electron chi connectivity index (χ4n) is 1.62. The van der Waals surface area contributed by atoms with E-state index in [-0.39, 0.29) is 5.75 Å². The van der Waals surface area contributed by atoms with Crippen molar-refractivity contribution in [1.29, 1.82) is 0 Å². The summed E-state index contributed by atoms with van der Waals surface area (Å²) in [5.74, 6) is 0.719. The number of ether oxygens (including phenoxy) is 1. The summed E-state index contributed by atoms with van der Waals surface area (Å²) >= 11 is 5.09. The standard InChI is InChI=1S/C12H11F2N3OS/c1-2-7-17-10(15-16-12(17)19)8-3-5-9(6-4-8)18-11(13)14/h2-6,11H,1,7H2,(H,16,19). The second-order valence-corrected chi connectivity index (χ2v) is 4.04. The third kappa shape index (κ3) is 3.05. The van der Waals surface area contributed by atoms with Gasteiger partial charge in [0.1, 0.15) is 5.75 Å². The molecule has 0 aliphatic carbocycles. The topological polar surface area (TPSA) is 42.8 Å². The van der Waals surface area contributed by atoms with Gasteiger partial charge in [0.2, 0.25) is 0 Å². The molecule has 19 heavy (non-hydrogen) atoms. The van der Waals surface area contributed by atoms with Gasteiger partial charge in [-0.05, 0) is 36.5 Å². The normalized spacial score (nSPS) is 10.7. The maximum atomic E-state index is 12.0. The zero-order chi connectivity index (χ0) is 13.8. The number of hydrogen-bond acceptors (Lipinski definition) is 3. The van der Waals surface area contributed by atoms with E-state index in [1.165, 1.54) is 12.1 Å². The van der Waals surface area contributed by atoms with E-state index in [1.54, 1.807) is 22.8 Å². The Labute approximate surface area is 113 Å². The summed E-state index contributed by atoms with van der Waals surface area (Å²) < 4.78 is 30.6. The molecular weight excluding hydrogens is 272 g/mol. The van der Waals surface area contributed by atoms with Crippen LogP contribution >= 0.6 is 12.2 Å². The molecule has 2 aromatic rings. The molecule has 0 atom stereocenters. The summed E-state index contributed by atoms with van der Waals surface area (Å²) in [6.45, 7) is 1.33. The number of nitrogens with one attached hydrogen (secondary N) is 1. The van der Waals surface area contributed by atoms with Gasteiger partial charge >= 0.3 is 6.61 Å². The van der Waals surface area contributed by atoms with Gasteiger partial charge in [-0.15, -0.1) is 6.58 Å². The van der Waals surface area contributed by atoms with Crippen LogP contribution in [-0.4, -0.2) is 21.4 Å². The summed E-state index contributed by atoms with van der Waals surface area (Å²) in [5, 5.41) is 6.79. The minimum Gasteiger partial charge on any atom is -0.435 e. The van der Waals surface area contributed by atoms with Crippen molar-refractivity contribution in [2.45, 2.75) is 13.2 Å². The highest BCUT2D eigenvalue weighted by Crippen LogP contribution is 2.22. The number of rotatable bonds is 5. The number of nitrogens with zero attached hydrogens (tertiary/aromatic N) is 2. The maximum Gasteiger partial charge on any atom is 0.387 e. The Balaban J connectivity index is 2.32. The highest BCUT2D eigenvalue weighted by Gasteiger charge is 2.09. The molecule has 0 saturated heterocycles. The zero-order valence-corrected chi connectivity index (χ0v) is 10.7. The van der Waals surface area contributed by atoms with Crippen LogP contribution in [0, 0.1) is 4.77 Å². The molecule has 0 spiro atoms. The van der Waals surface area contributed by atoms with Crippen LogP contribution in [0.4, 0.5) is 8.78 Å². The molecule has 1 aromatic carbocycles. The average molecular weight is 283 g/mol. The van der Waals surface area contributed by atoms with Crippen molar-refractivity contribution in [3.8, 4) is 17.1 Å². The van der Waals surface area contributed by atoms with E-state index >= 15 is 0 Å². The minimum absolute atomic E-state index is 0.100. The quantitative estimate of drug-likeness (QED) is 0.675. The summed E-state index contributed by atoms with van der Waals surface area (Å²) in [6.07, 6.45) is 1.70. The predicted octanol–water partition coefficient (Wildman–Crippen LogP) is 3.40. The van der Waals surface area contributed by atoms with Crippen molar-refractivity contribution in [2.75, 3.05) is 0 Å². The molecule has 100 valence electrons. The Kier molecular flexibility index (Phi) is 4.06. The first kappa shape index (κ1) is 13.4. The molecule has 2 rings (SSSR count). The van der Waals surface area contributed by atoms with Crippen LogP contribution < -0.4 is 4.74 Å². The molecule has 4 nitrogen and oxygen atoms in total. The summed E-state index contributed by atoms with van der Waals surface area (Å²) in [6, 6.07) is 6.19. The van der Waals surface area contributed by atoms with Gasteiger partial charge in [0, 0.05) is 12.1 Å². The molecule has 1 aromatic heterocycles. The van der Waals surface area contributed by atoms with Crippen molar-refractivity contribution in [1.82, 2.24) is 14.8 Å². The van der Waals surface area contributed by atoms with Crippen molar-refractivity contribution in [2.24, 2.45) is 0 Å². The van der Waals surface area contributed by atoms with Crippen LogP contribution in [0.5, 0.6) is 5.75 Å².